The van der Waals surface area contributed by atoms with E-state index in [9.17, 15) is 9.59 Å². The van der Waals surface area contributed by atoms with Crippen molar-refractivity contribution in [3.05, 3.63) is 53.1 Å². The second-order valence-electron chi connectivity index (χ2n) is 6.49. The number of carbonyl (C=O) groups is 2. The Balaban J connectivity index is 1.71. The van der Waals surface area contributed by atoms with E-state index in [0.717, 1.165) is 12.1 Å². The second kappa shape index (κ2) is 9.47. The van der Waals surface area contributed by atoms with Crippen LogP contribution in [0.25, 0.3) is 6.08 Å². The molecule has 0 atom stereocenters. The molecule has 1 N–H and O–H groups in total. The maximum Gasteiger partial charge on any atom is 0.248 e. The van der Waals surface area contributed by atoms with E-state index in [1.165, 1.54) is 13.2 Å². The number of rotatable bonds is 7. The molecule has 29 heavy (non-hydrogen) atoms. The third-order valence-electron chi connectivity index (χ3n) is 4.46. The standard InChI is InChI=1S/C22H23ClN2O4/c1-3-29-19-13-15(12-18(23)22(19)28-2)9-10-20(26)24-16-6-4-7-17(14-16)25-11-5-8-21(25)27/h4,6-7,9-10,12-14H,3,5,8,11H2,1-2H3,(H,24,26)/b10-9+. The first-order valence-electron chi connectivity index (χ1n) is 9.41. The van der Waals surface area contributed by atoms with Gasteiger partial charge in [0.2, 0.25) is 11.8 Å². The number of hydrogen-bond acceptors (Lipinski definition) is 4. The van der Waals surface area contributed by atoms with Gasteiger partial charge >= 0.3 is 0 Å². The van der Waals surface area contributed by atoms with Crippen molar-refractivity contribution < 1.29 is 19.1 Å². The molecule has 3 rings (SSSR count). The predicted octanol–water partition coefficient (Wildman–Crippen LogP) is 4.53. The zero-order chi connectivity index (χ0) is 20.8. The van der Waals surface area contributed by atoms with Crippen LogP contribution in [0.2, 0.25) is 5.02 Å². The molecule has 0 aliphatic carbocycles. The number of carbonyl (C=O) groups excluding carboxylic acids is 2. The molecule has 2 amide bonds. The van der Waals surface area contributed by atoms with E-state index < -0.39 is 0 Å². The van der Waals surface area contributed by atoms with Crippen molar-refractivity contribution in [3.8, 4) is 11.5 Å². The smallest absolute Gasteiger partial charge is 0.248 e. The van der Waals surface area contributed by atoms with Gasteiger partial charge in [0.05, 0.1) is 18.7 Å². The van der Waals surface area contributed by atoms with Crippen LogP contribution in [0, 0.1) is 0 Å². The third-order valence-corrected chi connectivity index (χ3v) is 4.74. The van der Waals surface area contributed by atoms with Gasteiger partial charge in [-0.15, -0.1) is 0 Å². The number of methoxy groups -OCH3 is 1. The first-order chi connectivity index (χ1) is 14.0. The Bertz CT molecular complexity index is 942. The summed E-state index contributed by atoms with van der Waals surface area (Å²) in [6.45, 7) is 3.04. The van der Waals surface area contributed by atoms with Gasteiger partial charge in [0.25, 0.3) is 0 Å². The topological polar surface area (TPSA) is 67.9 Å². The summed E-state index contributed by atoms with van der Waals surface area (Å²) in [5.41, 5.74) is 2.13. The molecular weight excluding hydrogens is 392 g/mol. The Morgan fingerprint density at radius 3 is 2.83 bits per heavy atom. The van der Waals surface area contributed by atoms with Gasteiger partial charge in [-0.2, -0.15) is 0 Å². The van der Waals surface area contributed by atoms with Crippen molar-refractivity contribution in [3.63, 3.8) is 0 Å². The molecule has 0 spiro atoms. The van der Waals surface area contributed by atoms with E-state index in [-0.39, 0.29) is 11.8 Å². The van der Waals surface area contributed by atoms with Crippen molar-refractivity contribution in [1.29, 1.82) is 0 Å². The molecule has 0 radical (unpaired) electrons. The first-order valence-corrected chi connectivity index (χ1v) is 9.79. The molecule has 1 aliphatic rings. The van der Waals surface area contributed by atoms with Crippen molar-refractivity contribution in [2.45, 2.75) is 19.8 Å². The van der Waals surface area contributed by atoms with Gasteiger partial charge in [0.1, 0.15) is 0 Å². The summed E-state index contributed by atoms with van der Waals surface area (Å²) in [6, 6.07) is 10.7. The highest BCUT2D eigenvalue weighted by Crippen LogP contribution is 2.36. The van der Waals surface area contributed by atoms with Gasteiger partial charge in [-0.05, 0) is 55.3 Å². The average Bonchev–Trinajstić information content (AvgIpc) is 3.13. The number of nitrogens with one attached hydrogen (secondary N) is 1. The zero-order valence-corrected chi connectivity index (χ0v) is 17.2. The summed E-state index contributed by atoms with van der Waals surface area (Å²) < 4.78 is 10.8. The third kappa shape index (κ3) is 5.09. The molecule has 2 aromatic carbocycles. The number of nitrogens with zero attached hydrogens (tertiary/aromatic N) is 1. The fourth-order valence-electron chi connectivity index (χ4n) is 3.17. The summed E-state index contributed by atoms with van der Waals surface area (Å²) in [5, 5.41) is 3.22. The van der Waals surface area contributed by atoms with Crippen LogP contribution in [0.4, 0.5) is 11.4 Å². The van der Waals surface area contributed by atoms with E-state index in [1.54, 1.807) is 35.2 Å². The van der Waals surface area contributed by atoms with E-state index in [4.69, 9.17) is 21.1 Å². The Morgan fingerprint density at radius 1 is 1.31 bits per heavy atom. The number of hydrogen-bond donors (Lipinski definition) is 1. The van der Waals surface area contributed by atoms with E-state index >= 15 is 0 Å². The van der Waals surface area contributed by atoms with Gasteiger partial charge in [-0.25, -0.2) is 0 Å². The lowest BCUT2D eigenvalue weighted by Gasteiger charge is -2.16. The molecule has 1 fully saturated rings. The van der Waals surface area contributed by atoms with E-state index in [0.29, 0.717) is 47.3 Å². The lowest BCUT2D eigenvalue weighted by atomic mass is 10.2. The molecule has 6 nitrogen and oxygen atoms in total. The lowest BCUT2D eigenvalue weighted by Crippen LogP contribution is -2.23. The summed E-state index contributed by atoms with van der Waals surface area (Å²) in [4.78, 5) is 26.0. The monoisotopic (exact) mass is 414 g/mol. The Labute approximate surface area is 175 Å². The summed E-state index contributed by atoms with van der Waals surface area (Å²) in [7, 11) is 1.52. The Hall–Kier alpha value is -2.99. The van der Waals surface area contributed by atoms with Crippen LogP contribution in [-0.4, -0.2) is 32.1 Å². The molecule has 0 aromatic heterocycles. The zero-order valence-electron chi connectivity index (χ0n) is 16.4. The van der Waals surface area contributed by atoms with Crippen LogP contribution in [0.5, 0.6) is 11.5 Å². The summed E-state index contributed by atoms with van der Waals surface area (Å²) in [6.07, 6.45) is 4.48. The molecule has 1 aliphatic heterocycles. The van der Waals surface area contributed by atoms with Crippen LogP contribution >= 0.6 is 11.6 Å². The Morgan fingerprint density at radius 2 is 2.14 bits per heavy atom. The fourth-order valence-corrected chi connectivity index (χ4v) is 3.47. The van der Waals surface area contributed by atoms with E-state index in [1.807, 2.05) is 19.1 Å². The van der Waals surface area contributed by atoms with Crippen LogP contribution < -0.4 is 19.7 Å². The Kier molecular flexibility index (Phi) is 6.77. The van der Waals surface area contributed by atoms with Gasteiger partial charge < -0.3 is 19.7 Å². The number of ether oxygens (including phenoxy) is 2. The second-order valence-corrected chi connectivity index (χ2v) is 6.90. The molecule has 0 bridgehead atoms. The van der Waals surface area contributed by atoms with Crippen LogP contribution in [0.3, 0.4) is 0 Å². The van der Waals surface area contributed by atoms with E-state index in [2.05, 4.69) is 5.32 Å². The van der Waals surface area contributed by atoms with Gasteiger partial charge in [0, 0.05) is 30.4 Å². The molecule has 2 aromatic rings. The summed E-state index contributed by atoms with van der Waals surface area (Å²) >= 11 is 6.24. The molecule has 1 saturated heterocycles. The predicted molar refractivity (Wildman–Crippen MR) is 115 cm³/mol. The normalized spacial score (nSPS) is 13.8. The van der Waals surface area contributed by atoms with Crippen molar-refractivity contribution in [2.75, 3.05) is 30.5 Å². The van der Waals surface area contributed by atoms with Crippen LogP contribution in [0.1, 0.15) is 25.3 Å². The van der Waals surface area contributed by atoms with Crippen LogP contribution in [-0.2, 0) is 9.59 Å². The first kappa shape index (κ1) is 20.7. The van der Waals surface area contributed by atoms with Crippen molar-refractivity contribution in [1.82, 2.24) is 0 Å². The molecule has 7 heteroatoms. The molecule has 152 valence electrons. The minimum Gasteiger partial charge on any atom is -0.491 e. The highest BCUT2D eigenvalue weighted by molar-refractivity contribution is 6.32. The summed E-state index contributed by atoms with van der Waals surface area (Å²) in [5.74, 6) is 0.795. The SMILES string of the molecule is CCOc1cc(/C=C/C(=O)Nc2cccc(N3CCCC3=O)c2)cc(Cl)c1OC. The fraction of sp³-hybridized carbons (Fsp3) is 0.273. The maximum atomic E-state index is 12.3. The minimum atomic E-state index is -0.292. The molecule has 0 unspecified atom stereocenters. The highest BCUT2D eigenvalue weighted by Gasteiger charge is 2.21. The number of benzene rings is 2. The highest BCUT2D eigenvalue weighted by atomic mass is 35.5. The quantitative estimate of drug-likeness (QED) is 0.676. The molecule has 1 heterocycles. The largest absolute Gasteiger partial charge is 0.491 e. The van der Waals surface area contributed by atoms with Gasteiger partial charge in [-0.3, -0.25) is 9.59 Å². The van der Waals surface area contributed by atoms with Crippen molar-refractivity contribution >= 4 is 40.9 Å². The van der Waals surface area contributed by atoms with Gasteiger partial charge in [-0.1, -0.05) is 17.7 Å². The lowest BCUT2D eigenvalue weighted by molar-refractivity contribution is -0.117. The average molecular weight is 415 g/mol. The minimum absolute atomic E-state index is 0.106. The number of halogens is 1. The van der Waals surface area contributed by atoms with Crippen molar-refractivity contribution in [2.24, 2.45) is 0 Å². The van der Waals surface area contributed by atoms with Gasteiger partial charge in [0.15, 0.2) is 11.5 Å². The van der Waals surface area contributed by atoms with Crippen LogP contribution in [0.15, 0.2) is 42.5 Å². The molecule has 0 saturated carbocycles. The molecular formula is C22H23ClN2O4. The number of amides is 2. The number of anilines is 2. The maximum absolute atomic E-state index is 12.3.